The van der Waals surface area contributed by atoms with Gasteiger partial charge in [0.15, 0.2) is 11.6 Å². The van der Waals surface area contributed by atoms with Crippen LogP contribution in [0.5, 0.6) is 5.75 Å². The van der Waals surface area contributed by atoms with Gasteiger partial charge in [-0.1, -0.05) is 38.0 Å². The Balaban J connectivity index is 1.77. The van der Waals surface area contributed by atoms with Crippen molar-refractivity contribution in [3.63, 3.8) is 0 Å². The molecule has 1 heterocycles. The first kappa shape index (κ1) is 20.1. The van der Waals surface area contributed by atoms with Crippen molar-refractivity contribution >= 4 is 37.1 Å². The van der Waals surface area contributed by atoms with Crippen LogP contribution in [0.4, 0.5) is 22.0 Å². The fourth-order valence-electron chi connectivity index (χ4n) is 4.07. The Morgan fingerprint density at radius 2 is 1.72 bits per heavy atom. The van der Waals surface area contributed by atoms with Gasteiger partial charge in [0.25, 0.3) is 0 Å². The van der Waals surface area contributed by atoms with E-state index in [1.165, 1.54) is 6.07 Å². The predicted molar refractivity (Wildman–Crippen MR) is 106 cm³/mol. The Bertz CT molecular complexity index is 1100. The van der Waals surface area contributed by atoms with Crippen LogP contribution in [0.2, 0.25) is 0 Å². The van der Waals surface area contributed by atoms with E-state index in [1.807, 2.05) is 0 Å². The van der Waals surface area contributed by atoms with Gasteiger partial charge in [0.2, 0.25) is 0 Å². The van der Waals surface area contributed by atoms with Gasteiger partial charge in [-0.05, 0) is 42.9 Å². The van der Waals surface area contributed by atoms with E-state index >= 15 is 4.39 Å². The molecule has 0 spiro atoms. The lowest BCUT2D eigenvalue weighted by Crippen LogP contribution is -2.17. The molecule has 0 bridgehead atoms. The van der Waals surface area contributed by atoms with E-state index in [0.717, 1.165) is 55.1 Å². The second-order valence-electron chi connectivity index (χ2n) is 7.37. The average Bonchev–Trinajstić information content (AvgIpc) is 3.05. The lowest BCUT2D eigenvalue weighted by atomic mass is 9.84. The highest BCUT2D eigenvalue weighted by Crippen LogP contribution is 2.43. The van der Waals surface area contributed by atoms with Gasteiger partial charge in [-0.2, -0.15) is 0 Å². The number of hydrogen-bond donors (Lipinski definition) is 0. The highest BCUT2D eigenvalue weighted by molar-refractivity contribution is 7.25. The Hall–Kier alpha value is -2.15. The number of hydrogen-bond acceptors (Lipinski definition) is 2. The molecule has 0 fully saturated rings. The molecule has 1 atom stereocenters. The van der Waals surface area contributed by atoms with Gasteiger partial charge in [0.1, 0.15) is 5.82 Å². The molecule has 2 aromatic carbocycles. The van der Waals surface area contributed by atoms with E-state index in [9.17, 15) is 17.6 Å². The van der Waals surface area contributed by atoms with E-state index in [-0.39, 0.29) is 9.40 Å². The van der Waals surface area contributed by atoms with Crippen LogP contribution in [0, 0.1) is 17.6 Å². The minimum absolute atomic E-state index is 0.0431. The van der Waals surface area contributed by atoms with Crippen molar-refractivity contribution in [1.29, 1.82) is 0 Å². The number of rotatable bonds is 4. The second kappa shape index (κ2) is 7.59. The zero-order valence-corrected chi connectivity index (χ0v) is 16.5. The van der Waals surface area contributed by atoms with E-state index in [1.54, 1.807) is 12.1 Å². The van der Waals surface area contributed by atoms with Crippen LogP contribution in [0.25, 0.3) is 25.7 Å². The number of alkyl halides is 3. The van der Waals surface area contributed by atoms with Crippen molar-refractivity contribution in [2.75, 3.05) is 0 Å². The van der Waals surface area contributed by atoms with E-state index in [0.29, 0.717) is 22.3 Å². The summed E-state index contributed by atoms with van der Waals surface area (Å²) in [5.41, 5.74) is 1.43. The Labute approximate surface area is 168 Å². The third-order valence-electron chi connectivity index (χ3n) is 5.44. The fraction of sp³-hybridized carbons (Fsp3) is 0.364. The number of fused-ring (bicyclic) bond motifs is 3. The quantitative estimate of drug-likeness (QED) is 0.382. The largest absolute Gasteiger partial charge is 0.573 e. The van der Waals surface area contributed by atoms with Crippen molar-refractivity contribution in [1.82, 2.24) is 0 Å². The first-order valence-electron chi connectivity index (χ1n) is 9.57. The summed E-state index contributed by atoms with van der Waals surface area (Å²) in [5.74, 6) is -1.85. The SMILES string of the molecule is CCCC1CC=C(c2ccc3c(sc4c(F)c(OC(F)(F)F)ccc43)c2F)CC1. The molecule has 1 aromatic heterocycles. The minimum Gasteiger partial charge on any atom is -0.403 e. The number of thiophene rings is 1. The smallest absolute Gasteiger partial charge is 0.403 e. The molecule has 1 nitrogen and oxygen atoms in total. The molecule has 0 N–H and O–H groups in total. The predicted octanol–water partition coefficient (Wildman–Crippen LogP) is 8.21. The zero-order valence-electron chi connectivity index (χ0n) is 15.7. The molecule has 0 amide bonds. The summed E-state index contributed by atoms with van der Waals surface area (Å²) < 4.78 is 71.2. The molecule has 1 aliphatic rings. The topological polar surface area (TPSA) is 9.23 Å². The maximum Gasteiger partial charge on any atom is 0.573 e. The first-order chi connectivity index (χ1) is 13.8. The lowest BCUT2D eigenvalue weighted by molar-refractivity contribution is -0.275. The molecule has 0 aliphatic heterocycles. The minimum atomic E-state index is -4.99. The van der Waals surface area contributed by atoms with Gasteiger partial charge in [-0.25, -0.2) is 8.78 Å². The Morgan fingerprint density at radius 3 is 2.34 bits per heavy atom. The molecule has 0 radical (unpaired) electrons. The third-order valence-corrected chi connectivity index (χ3v) is 6.65. The maximum absolute atomic E-state index is 15.3. The maximum atomic E-state index is 15.3. The van der Waals surface area contributed by atoms with Crippen LogP contribution in [-0.2, 0) is 0 Å². The molecule has 29 heavy (non-hydrogen) atoms. The summed E-state index contributed by atoms with van der Waals surface area (Å²) in [6.45, 7) is 2.15. The number of benzene rings is 2. The fourth-order valence-corrected chi connectivity index (χ4v) is 5.24. The summed E-state index contributed by atoms with van der Waals surface area (Å²) >= 11 is 0.817. The van der Waals surface area contributed by atoms with Gasteiger partial charge in [0, 0.05) is 16.3 Å². The molecule has 0 saturated heterocycles. The van der Waals surface area contributed by atoms with Gasteiger partial charge in [0.05, 0.1) is 9.40 Å². The highest BCUT2D eigenvalue weighted by atomic mass is 32.1. The van der Waals surface area contributed by atoms with Crippen molar-refractivity contribution in [3.8, 4) is 5.75 Å². The van der Waals surface area contributed by atoms with Gasteiger partial charge in [-0.15, -0.1) is 24.5 Å². The Morgan fingerprint density at radius 1 is 1.03 bits per heavy atom. The summed E-state index contributed by atoms with van der Waals surface area (Å²) in [4.78, 5) is 0. The molecule has 0 saturated carbocycles. The van der Waals surface area contributed by atoms with E-state index < -0.39 is 23.7 Å². The van der Waals surface area contributed by atoms with Crippen LogP contribution < -0.4 is 4.74 Å². The van der Waals surface area contributed by atoms with Crippen molar-refractivity contribution < 1.29 is 26.7 Å². The number of allylic oxidation sites excluding steroid dienone is 2. The summed E-state index contributed by atoms with van der Waals surface area (Å²) in [6.07, 6.45) is 2.08. The first-order valence-corrected chi connectivity index (χ1v) is 10.4. The van der Waals surface area contributed by atoms with Crippen molar-refractivity contribution in [2.24, 2.45) is 5.92 Å². The monoisotopic (exact) mass is 426 g/mol. The summed E-state index contributed by atoms with van der Waals surface area (Å²) in [6, 6.07) is 5.68. The van der Waals surface area contributed by atoms with Crippen LogP contribution in [0.1, 0.15) is 44.6 Å². The van der Waals surface area contributed by atoms with Gasteiger partial charge in [-0.3, -0.25) is 0 Å². The lowest BCUT2D eigenvalue weighted by Gasteiger charge is -2.22. The van der Waals surface area contributed by atoms with Crippen LogP contribution in [-0.4, -0.2) is 6.36 Å². The van der Waals surface area contributed by atoms with Crippen molar-refractivity contribution in [3.05, 3.63) is 47.5 Å². The van der Waals surface area contributed by atoms with Gasteiger partial charge >= 0.3 is 6.36 Å². The molecule has 3 aromatic rings. The zero-order chi connectivity index (χ0) is 20.8. The Kier molecular flexibility index (Phi) is 5.27. The highest BCUT2D eigenvalue weighted by Gasteiger charge is 2.33. The molecule has 154 valence electrons. The number of halogens is 5. The number of ether oxygens (including phenoxy) is 1. The van der Waals surface area contributed by atoms with Crippen LogP contribution in [0.3, 0.4) is 0 Å². The molecule has 7 heteroatoms. The normalized spacial score (nSPS) is 17.7. The van der Waals surface area contributed by atoms with E-state index in [2.05, 4.69) is 17.7 Å². The summed E-state index contributed by atoms with van der Waals surface area (Å²) in [7, 11) is 0. The van der Waals surface area contributed by atoms with E-state index in [4.69, 9.17) is 0 Å². The second-order valence-corrected chi connectivity index (χ2v) is 8.39. The van der Waals surface area contributed by atoms with Crippen LogP contribution in [0.15, 0.2) is 30.3 Å². The van der Waals surface area contributed by atoms with Crippen LogP contribution >= 0.6 is 11.3 Å². The molecule has 4 rings (SSSR count). The molecule has 1 aliphatic carbocycles. The van der Waals surface area contributed by atoms with Crippen molar-refractivity contribution in [2.45, 2.75) is 45.4 Å². The molecular weight excluding hydrogens is 407 g/mol. The summed E-state index contributed by atoms with van der Waals surface area (Å²) in [5, 5.41) is 0.868. The molecule has 1 unspecified atom stereocenters. The molecular formula is C22H19F5OS. The average molecular weight is 426 g/mol. The third kappa shape index (κ3) is 3.84. The standard InChI is InChI=1S/C22H19F5OS/c1-2-3-12-4-6-13(7-5-12)14-8-9-15-16-10-11-17(28-22(25,26)27)19(24)21(16)29-20(15)18(14)23/h6,8-12H,2-5,7H2,1H3. The van der Waals surface area contributed by atoms with Gasteiger partial charge < -0.3 is 4.74 Å².